The zero-order chi connectivity index (χ0) is 43.4. The van der Waals surface area contributed by atoms with Crippen LogP contribution in [0, 0.1) is 6.92 Å². The van der Waals surface area contributed by atoms with Gasteiger partial charge in [-0.05, 0) is 187 Å². The van der Waals surface area contributed by atoms with Gasteiger partial charge in [-0.1, -0.05) is 126 Å². The molecule has 5 aliphatic rings. The predicted molar refractivity (Wildman–Crippen MR) is 268 cm³/mol. The third-order valence-corrected chi connectivity index (χ3v) is 17.8. The largest absolute Gasteiger partial charge is 0.376 e. The smallest absolute Gasteiger partial charge is 0.333 e. The van der Waals surface area contributed by atoms with Crippen molar-refractivity contribution in [1.29, 1.82) is 0 Å². The molecule has 0 bridgehead atoms. The van der Waals surface area contributed by atoms with E-state index in [1.807, 2.05) is 0 Å². The number of fused-ring (bicyclic) bond motifs is 12. The monoisotopic (exact) mass is 813 g/mol. The van der Waals surface area contributed by atoms with E-state index in [0.717, 1.165) is 0 Å². The number of nitrogens with zero attached hydrogens (tertiary/aromatic N) is 2. The molecule has 0 atom stereocenters. The van der Waals surface area contributed by atoms with Crippen molar-refractivity contribution >= 4 is 61.7 Å². The van der Waals surface area contributed by atoms with E-state index >= 15 is 0 Å². The van der Waals surface area contributed by atoms with Gasteiger partial charge < -0.3 is 9.38 Å². The van der Waals surface area contributed by atoms with E-state index in [9.17, 15) is 0 Å². The first kappa shape index (κ1) is 38.9. The van der Waals surface area contributed by atoms with Gasteiger partial charge in [0.15, 0.2) is 0 Å². The van der Waals surface area contributed by atoms with Crippen LogP contribution in [0.3, 0.4) is 0 Å². The summed E-state index contributed by atoms with van der Waals surface area (Å²) in [6, 6.07) is 35.0. The van der Waals surface area contributed by atoms with E-state index in [1.54, 1.807) is 0 Å². The zero-order valence-electron chi connectivity index (χ0n) is 39.8. The maximum atomic E-state index is 2.85. The number of anilines is 2. The average Bonchev–Trinajstić information content (AvgIpc) is 3.56. The Morgan fingerprint density at radius 3 is 1.56 bits per heavy atom. The van der Waals surface area contributed by atoms with Gasteiger partial charge in [0, 0.05) is 33.4 Å². The molecule has 2 nitrogen and oxygen atoms in total. The van der Waals surface area contributed by atoms with Gasteiger partial charge in [-0.2, -0.15) is 0 Å². The Labute approximate surface area is 371 Å². The van der Waals surface area contributed by atoms with Gasteiger partial charge in [0.05, 0.1) is 11.0 Å². The summed E-state index contributed by atoms with van der Waals surface area (Å²) in [6.07, 6.45) is 7.20. The molecule has 2 aliphatic heterocycles. The first-order chi connectivity index (χ1) is 29.1. The highest BCUT2D eigenvalue weighted by molar-refractivity contribution is 6.93. The molecule has 0 radical (unpaired) electrons. The lowest BCUT2D eigenvalue weighted by Gasteiger charge is -2.48. The van der Waals surface area contributed by atoms with Crippen LogP contribution >= 0.6 is 0 Å². The van der Waals surface area contributed by atoms with Crippen molar-refractivity contribution < 1.29 is 0 Å². The van der Waals surface area contributed by atoms with Gasteiger partial charge in [-0.3, -0.25) is 0 Å². The van der Waals surface area contributed by atoms with Gasteiger partial charge in [-0.25, -0.2) is 0 Å². The summed E-state index contributed by atoms with van der Waals surface area (Å²) < 4.78 is 2.74. The second kappa shape index (κ2) is 11.9. The van der Waals surface area contributed by atoms with Crippen LogP contribution in [0.2, 0.25) is 0 Å². The summed E-state index contributed by atoms with van der Waals surface area (Å²) in [5.74, 6) is 0. The van der Waals surface area contributed by atoms with E-state index in [-0.39, 0.29) is 39.3 Å². The van der Waals surface area contributed by atoms with E-state index in [1.165, 1.54) is 149 Å². The highest BCUT2D eigenvalue weighted by atomic mass is 15.1. The highest BCUT2D eigenvalue weighted by Gasteiger charge is 2.49. The van der Waals surface area contributed by atoms with Crippen molar-refractivity contribution in [3.05, 3.63) is 124 Å². The fourth-order valence-corrected chi connectivity index (χ4v) is 13.5. The molecule has 3 heterocycles. The van der Waals surface area contributed by atoms with Gasteiger partial charge in [0.25, 0.3) is 0 Å². The SMILES string of the molecule is Cc1cc2c3c4c1c1cc5ccccc5cc1n4-c1cc4c(cc1B3N(c1ccc3c(c1)C(C)(C)CCC3(C)C)c1cc3c(cc1-2)C(C)(C)CCC3(C)C)C(C)(C)CCC4(C)C. The molecule has 62 heavy (non-hydrogen) atoms. The molecule has 314 valence electrons. The predicted octanol–water partition coefficient (Wildman–Crippen LogP) is 14.5. The summed E-state index contributed by atoms with van der Waals surface area (Å²) in [7, 11) is 0. The lowest BCUT2D eigenvalue weighted by molar-refractivity contribution is 0.332. The maximum Gasteiger partial charge on any atom is 0.333 e. The van der Waals surface area contributed by atoms with Crippen molar-refractivity contribution in [2.75, 3.05) is 4.81 Å². The minimum absolute atomic E-state index is 0.00323. The molecule has 1 aromatic heterocycles. The number of aromatic nitrogens is 1. The molecular formula is C59H65BN2. The minimum atomic E-state index is 0.00323. The Bertz CT molecular complexity index is 3160. The molecule has 0 spiro atoms. The van der Waals surface area contributed by atoms with Crippen molar-refractivity contribution in [1.82, 2.24) is 4.57 Å². The molecule has 0 amide bonds. The van der Waals surface area contributed by atoms with Crippen LogP contribution in [0.1, 0.15) is 161 Å². The number of hydrogen-bond donors (Lipinski definition) is 0. The maximum absolute atomic E-state index is 2.85. The van der Waals surface area contributed by atoms with Crippen LogP contribution in [0.5, 0.6) is 0 Å². The number of aryl methyl sites for hydroxylation is 1. The normalized spacial score (nSPS) is 21.3. The first-order valence-electron chi connectivity index (χ1n) is 23.9. The third kappa shape index (κ3) is 5.00. The number of rotatable bonds is 1. The van der Waals surface area contributed by atoms with E-state index in [2.05, 4.69) is 184 Å². The zero-order valence-corrected chi connectivity index (χ0v) is 39.8. The lowest BCUT2D eigenvalue weighted by Crippen LogP contribution is -2.61. The van der Waals surface area contributed by atoms with E-state index in [4.69, 9.17) is 0 Å². The highest BCUT2D eigenvalue weighted by Crippen LogP contribution is 2.55. The summed E-state index contributed by atoms with van der Waals surface area (Å²) in [6.45, 7) is 32.3. The first-order valence-corrected chi connectivity index (χ1v) is 23.9. The number of benzene rings is 6. The fourth-order valence-electron chi connectivity index (χ4n) is 13.5. The molecule has 12 rings (SSSR count). The molecule has 6 aromatic carbocycles. The summed E-state index contributed by atoms with van der Waals surface area (Å²) >= 11 is 0. The van der Waals surface area contributed by atoms with Crippen LogP contribution in [-0.4, -0.2) is 11.4 Å². The molecule has 0 saturated heterocycles. The summed E-state index contributed by atoms with van der Waals surface area (Å²) in [4.78, 5) is 2.85. The quantitative estimate of drug-likeness (QED) is 0.150. The van der Waals surface area contributed by atoms with Crippen LogP contribution in [0.25, 0.3) is 49.4 Å². The fraction of sp³-hybridized carbons (Fsp3) is 0.424. The topological polar surface area (TPSA) is 8.17 Å². The van der Waals surface area contributed by atoms with Gasteiger partial charge >= 0.3 is 6.85 Å². The molecule has 7 aromatic rings. The van der Waals surface area contributed by atoms with Gasteiger partial charge in [-0.15, -0.1) is 0 Å². The Morgan fingerprint density at radius 2 is 0.968 bits per heavy atom. The molecule has 3 aliphatic carbocycles. The lowest BCUT2D eigenvalue weighted by atomic mass is 9.43. The summed E-state index contributed by atoms with van der Waals surface area (Å²) in [5, 5.41) is 5.39. The molecular weight excluding hydrogens is 747 g/mol. The Kier molecular flexibility index (Phi) is 7.45. The standard InChI is InChI=1S/C59H65BN2/c1-34-26-39-38-30-43-45(58(10,11)24-22-56(43,6)7)32-49(38)62(37-18-19-41-42(29-37)55(4,5)21-20-54(41,2)3)60-47-31-44-46(59(12,13)25-23-57(44,8)9)33-50(47)61-48-28-36-17-15-14-16-35(36)27-40(48)51(34)53(61)52(39)60/h14-19,26-33H,20-25H2,1-13H3. The van der Waals surface area contributed by atoms with E-state index in [0.29, 0.717) is 0 Å². The number of hydrogen-bond acceptors (Lipinski definition) is 1. The summed E-state index contributed by atoms with van der Waals surface area (Å²) in [5.41, 5.74) is 23.7. The van der Waals surface area contributed by atoms with Crippen LogP contribution in [0.4, 0.5) is 11.4 Å². The molecule has 3 heteroatoms. The molecule has 0 saturated carbocycles. The molecule has 0 fully saturated rings. The Morgan fingerprint density at radius 1 is 0.468 bits per heavy atom. The van der Waals surface area contributed by atoms with Crippen molar-refractivity contribution in [2.24, 2.45) is 0 Å². The van der Waals surface area contributed by atoms with Crippen molar-refractivity contribution in [2.45, 2.75) is 161 Å². The van der Waals surface area contributed by atoms with Crippen LogP contribution in [-0.2, 0) is 32.5 Å². The van der Waals surface area contributed by atoms with Crippen molar-refractivity contribution in [3.63, 3.8) is 0 Å². The average molecular weight is 813 g/mol. The molecule has 0 unspecified atom stereocenters. The van der Waals surface area contributed by atoms with Crippen LogP contribution < -0.4 is 15.7 Å². The van der Waals surface area contributed by atoms with E-state index < -0.39 is 0 Å². The molecule has 0 N–H and O–H groups in total. The minimum Gasteiger partial charge on any atom is -0.376 e. The van der Waals surface area contributed by atoms with Crippen molar-refractivity contribution in [3.8, 4) is 16.8 Å². The van der Waals surface area contributed by atoms with Crippen LogP contribution in [0.15, 0.2) is 84.9 Å². The van der Waals surface area contributed by atoms with Gasteiger partial charge in [0.2, 0.25) is 0 Å². The third-order valence-electron chi connectivity index (χ3n) is 17.8. The van der Waals surface area contributed by atoms with Gasteiger partial charge in [0.1, 0.15) is 0 Å². The second-order valence-electron chi connectivity index (χ2n) is 24.6. The Balaban J connectivity index is 1.29. The second-order valence-corrected chi connectivity index (χ2v) is 24.6. The Hall–Kier alpha value is -4.76.